The van der Waals surface area contributed by atoms with Crippen LogP contribution in [0.3, 0.4) is 0 Å². The Bertz CT molecular complexity index is 667. The molecule has 0 radical (unpaired) electrons. The highest BCUT2D eigenvalue weighted by Crippen LogP contribution is 2.14. The van der Waals surface area contributed by atoms with Crippen molar-refractivity contribution in [2.75, 3.05) is 12.4 Å². The van der Waals surface area contributed by atoms with Crippen LogP contribution in [0.15, 0.2) is 29.4 Å². The number of nitrogens with zero attached hydrogens (tertiary/aromatic N) is 2. The van der Waals surface area contributed by atoms with E-state index in [0.717, 1.165) is 9.88 Å². The number of anilines is 1. The van der Waals surface area contributed by atoms with E-state index in [9.17, 15) is 8.42 Å². The second-order valence-electron chi connectivity index (χ2n) is 3.82. The van der Waals surface area contributed by atoms with Crippen molar-refractivity contribution < 1.29 is 8.42 Å². The number of rotatable bonds is 5. The van der Waals surface area contributed by atoms with Gasteiger partial charge in [-0.2, -0.15) is 0 Å². The van der Waals surface area contributed by atoms with Crippen LogP contribution in [-0.2, 0) is 16.6 Å². The molecular formula is C11H14N4O2S2. The molecule has 102 valence electrons. The molecule has 2 aromatic heterocycles. The lowest BCUT2D eigenvalue weighted by molar-refractivity contribution is 0.581. The second-order valence-corrected chi connectivity index (χ2v) is 6.90. The Hall–Kier alpha value is -1.51. The highest BCUT2D eigenvalue weighted by atomic mass is 32.2. The van der Waals surface area contributed by atoms with Crippen molar-refractivity contribution in [3.8, 4) is 0 Å². The lowest BCUT2D eigenvalue weighted by Gasteiger charge is -2.06. The number of aromatic nitrogens is 2. The van der Waals surface area contributed by atoms with Crippen LogP contribution in [0.1, 0.15) is 9.88 Å². The molecule has 19 heavy (non-hydrogen) atoms. The van der Waals surface area contributed by atoms with Crippen LogP contribution in [0.2, 0.25) is 0 Å². The molecule has 0 aromatic carbocycles. The van der Waals surface area contributed by atoms with Gasteiger partial charge in [0.2, 0.25) is 10.0 Å². The summed E-state index contributed by atoms with van der Waals surface area (Å²) in [4.78, 5) is 9.32. The molecule has 0 aliphatic carbocycles. The zero-order valence-electron chi connectivity index (χ0n) is 10.5. The smallest absolute Gasteiger partial charge is 0.241 e. The minimum atomic E-state index is -3.55. The average Bonchev–Trinajstić information content (AvgIpc) is 2.82. The van der Waals surface area contributed by atoms with E-state index in [0.29, 0.717) is 5.82 Å². The van der Waals surface area contributed by atoms with Crippen molar-refractivity contribution in [2.24, 2.45) is 0 Å². The van der Waals surface area contributed by atoms with Gasteiger partial charge < -0.3 is 5.32 Å². The Balaban J connectivity index is 2.13. The second kappa shape index (κ2) is 5.64. The Kier molecular flexibility index (Phi) is 4.13. The molecule has 0 unspecified atom stereocenters. The first-order valence-corrected chi connectivity index (χ1v) is 7.86. The highest BCUT2D eigenvalue weighted by molar-refractivity contribution is 7.89. The summed E-state index contributed by atoms with van der Waals surface area (Å²) in [7, 11) is -1.86. The summed E-state index contributed by atoms with van der Waals surface area (Å²) in [6.07, 6.45) is 3.17. The SMILES string of the molecule is CNc1cc(S(=O)(=O)NCc2ncc(C)s2)ccn1. The third-order valence-corrected chi connectivity index (χ3v) is 4.69. The van der Waals surface area contributed by atoms with E-state index in [4.69, 9.17) is 0 Å². The minimum Gasteiger partial charge on any atom is -0.373 e. The fraction of sp³-hybridized carbons (Fsp3) is 0.273. The number of aryl methyl sites for hydroxylation is 1. The zero-order valence-corrected chi connectivity index (χ0v) is 12.2. The van der Waals surface area contributed by atoms with Crippen molar-refractivity contribution in [3.05, 3.63) is 34.4 Å². The molecule has 0 spiro atoms. The standard InChI is InChI=1S/C11H14N4O2S2/c1-8-6-14-11(18-8)7-15-19(16,17)9-3-4-13-10(5-9)12-2/h3-6,15H,7H2,1-2H3,(H,12,13). The van der Waals surface area contributed by atoms with Crippen LogP contribution >= 0.6 is 11.3 Å². The van der Waals surface area contributed by atoms with Crippen LogP contribution in [0.4, 0.5) is 5.82 Å². The predicted octanol–water partition coefficient (Wildman–Crippen LogP) is 1.37. The average molecular weight is 298 g/mol. The first-order chi connectivity index (χ1) is 9.01. The number of sulfonamides is 1. The summed E-state index contributed by atoms with van der Waals surface area (Å²) >= 11 is 1.47. The van der Waals surface area contributed by atoms with Crippen LogP contribution in [-0.4, -0.2) is 25.4 Å². The summed E-state index contributed by atoms with van der Waals surface area (Å²) in [6.45, 7) is 2.12. The van der Waals surface area contributed by atoms with Gasteiger partial charge in [-0.3, -0.25) is 0 Å². The molecule has 8 heteroatoms. The van der Waals surface area contributed by atoms with Crippen molar-refractivity contribution in [1.82, 2.24) is 14.7 Å². The lowest BCUT2D eigenvalue weighted by atomic mass is 10.5. The molecule has 0 bridgehead atoms. The molecular weight excluding hydrogens is 284 g/mol. The van der Waals surface area contributed by atoms with Gasteiger partial charge in [0.25, 0.3) is 0 Å². The number of hydrogen-bond donors (Lipinski definition) is 2. The summed E-state index contributed by atoms with van der Waals surface area (Å²) in [5, 5.41) is 3.54. The third kappa shape index (κ3) is 3.49. The Morgan fingerprint density at radius 1 is 1.37 bits per heavy atom. The van der Waals surface area contributed by atoms with Gasteiger partial charge >= 0.3 is 0 Å². The summed E-state index contributed by atoms with van der Waals surface area (Å²) in [5.41, 5.74) is 0. The summed E-state index contributed by atoms with van der Waals surface area (Å²) in [6, 6.07) is 2.94. The molecule has 6 nitrogen and oxygen atoms in total. The number of nitrogens with one attached hydrogen (secondary N) is 2. The number of thiazole rings is 1. The van der Waals surface area contributed by atoms with Crippen LogP contribution in [0.5, 0.6) is 0 Å². The van der Waals surface area contributed by atoms with Crippen molar-refractivity contribution >= 4 is 27.2 Å². The molecule has 2 aromatic rings. The minimum absolute atomic E-state index is 0.181. The maximum absolute atomic E-state index is 12.1. The summed E-state index contributed by atoms with van der Waals surface area (Å²) in [5.74, 6) is 0.507. The molecule has 0 atom stereocenters. The maximum atomic E-state index is 12.1. The van der Waals surface area contributed by atoms with Gasteiger partial charge in [-0.05, 0) is 13.0 Å². The monoisotopic (exact) mass is 298 g/mol. The first kappa shape index (κ1) is 13.9. The molecule has 0 saturated heterocycles. The van der Waals surface area contributed by atoms with E-state index in [2.05, 4.69) is 20.0 Å². The molecule has 0 aliphatic rings. The Morgan fingerprint density at radius 3 is 2.79 bits per heavy atom. The molecule has 0 saturated carbocycles. The van der Waals surface area contributed by atoms with Crippen LogP contribution < -0.4 is 10.0 Å². The predicted molar refractivity (Wildman–Crippen MR) is 74.7 cm³/mol. The molecule has 0 fully saturated rings. The largest absolute Gasteiger partial charge is 0.373 e. The first-order valence-electron chi connectivity index (χ1n) is 5.56. The fourth-order valence-electron chi connectivity index (χ4n) is 1.44. The van der Waals surface area contributed by atoms with Gasteiger partial charge in [0, 0.05) is 30.4 Å². The fourth-order valence-corrected chi connectivity index (χ4v) is 3.26. The lowest BCUT2D eigenvalue weighted by Crippen LogP contribution is -2.23. The van der Waals surface area contributed by atoms with Gasteiger partial charge in [-0.25, -0.2) is 23.1 Å². The van der Waals surface area contributed by atoms with Gasteiger partial charge in [-0.1, -0.05) is 0 Å². The van der Waals surface area contributed by atoms with E-state index < -0.39 is 10.0 Å². The van der Waals surface area contributed by atoms with Crippen molar-refractivity contribution in [1.29, 1.82) is 0 Å². The van der Waals surface area contributed by atoms with Gasteiger partial charge in [0.1, 0.15) is 10.8 Å². The van der Waals surface area contributed by atoms with Gasteiger partial charge in [-0.15, -0.1) is 11.3 Å². The van der Waals surface area contributed by atoms with Crippen molar-refractivity contribution in [2.45, 2.75) is 18.4 Å². The van der Waals surface area contributed by atoms with Crippen molar-refractivity contribution in [3.63, 3.8) is 0 Å². The number of pyridine rings is 1. The normalized spacial score (nSPS) is 11.5. The summed E-state index contributed by atoms with van der Waals surface area (Å²) < 4.78 is 26.7. The third-order valence-electron chi connectivity index (χ3n) is 2.38. The van der Waals surface area contributed by atoms with Gasteiger partial charge in [0.05, 0.1) is 11.4 Å². The van der Waals surface area contributed by atoms with E-state index in [1.54, 1.807) is 13.2 Å². The van der Waals surface area contributed by atoms with Crippen LogP contribution in [0, 0.1) is 6.92 Å². The zero-order chi connectivity index (χ0) is 13.9. The van der Waals surface area contributed by atoms with E-state index in [1.165, 1.54) is 29.7 Å². The van der Waals surface area contributed by atoms with E-state index >= 15 is 0 Å². The maximum Gasteiger partial charge on any atom is 0.241 e. The van der Waals surface area contributed by atoms with E-state index in [1.807, 2.05) is 6.92 Å². The topological polar surface area (TPSA) is 84.0 Å². The molecule has 2 rings (SSSR count). The quantitative estimate of drug-likeness (QED) is 0.871. The van der Waals surface area contributed by atoms with E-state index in [-0.39, 0.29) is 11.4 Å². The Labute approximate surface area is 116 Å². The number of hydrogen-bond acceptors (Lipinski definition) is 6. The molecule has 2 heterocycles. The molecule has 2 N–H and O–H groups in total. The van der Waals surface area contributed by atoms with Crippen LogP contribution in [0.25, 0.3) is 0 Å². The molecule has 0 aliphatic heterocycles. The Morgan fingerprint density at radius 2 is 2.16 bits per heavy atom. The molecule has 0 amide bonds. The van der Waals surface area contributed by atoms with Gasteiger partial charge in [0.15, 0.2) is 0 Å². The highest BCUT2D eigenvalue weighted by Gasteiger charge is 2.15.